The highest BCUT2D eigenvalue weighted by atomic mass is 19.1. The van der Waals surface area contributed by atoms with E-state index < -0.39 is 17.6 Å². The molecule has 5 nitrogen and oxygen atoms in total. The largest absolute Gasteiger partial charge is 0.350 e. The lowest BCUT2D eigenvalue weighted by Gasteiger charge is -2.15. The molecule has 0 bridgehead atoms. The van der Waals surface area contributed by atoms with E-state index in [0.717, 1.165) is 22.4 Å². The fourth-order valence-corrected chi connectivity index (χ4v) is 3.40. The molecule has 0 aliphatic carbocycles. The second-order valence-corrected chi connectivity index (χ2v) is 7.26. The third-order valence-corrected chi connectivity index (χ3v) is 5.02. The van der Waals surface area contributed by atoms with Crippen LogP contribution in [-0.2, 0) is 16.1 Å². The van der Waals surface area contributed by atoms with E-state index in [1.54, 1.807) is 24.5 Å². The van der Waals surface area contributed by atoms with Crippen molar-refractivity contribution in [2.45, 2.75) is 20.4 Å². The second-order valence-electron chi connectivity index (χ2n) is 7.26. The number of aromatic nitrogens is 1. The molecule has 0 spiro atoms. The monoisotopic (exact) mass is 401 g/mol. The summed E-state index contributed by atoms with van der Waals surface area (Å²) in [6.07, 6.45) is 3.25. The molecule has 0 atom stereocenters. The Morgan fingerprint density at radius 2 is 1.77 bits per heavy atom. The van der Waals surface area contributed by atoms with Crippen molar-refractivity contribution < 1.29 is 14.0 Å². The molecule has 3 aromatic rings. The number of hydrogen-bond donors (Lipinski definition) is 1. The number of carbonyl (C=O) groups is 2. The van der Waals surface area contributed by atoms with Crippen LogP contribution in [0.4, 0.5) is 10.1 Å². The van der Waals surface area contributed by atoms with E-state index in [-0.39, 0.29) is 17.8 Å². The molecule has 2 aromatic carbocycles. The number of benzene rings is 2. The standard InChI is InChI=1S/C24H20FN3O2/c1-15-5-6-16(2)20(12-15)27-22-21(18-7-9-19(25)10-8-18)23(29)28(24(22)30)14-17-4-3-11-26-13-17/h3-13,27H,14H2,1-2H3. The van der Waals surface area contributed by atoms with Crippen LogP contribution < -0.4 is 5.32 Å². The van der Waals surface area contributed by atoms with Crippen molar-refractivity contribution in [3.63, 3.8) is 0 Å². The first-order valence-electron chi connectivity index (χ1n) is 9.53. The molecule has 1 aliphatic rings. The molecule has 0 fully saturated rings. The molecule has 1 N–H and O–H groups in total. The first-order chi connectivity index (χ1) is 14.4. The summed E-state index contributed by atoms with van der Waals surface area (Å²) in [5, 5.41) is 3.17. The summed E-state index contributed by atoms with van der Waals surface area (Å²) in [5.41, 5.74) is 4.35. The van der Waals surface area contributed by atoms with Gasteiger partial charge in [0, 0.05) is 18.1 Å². The Hall–Kier alpha value is -3.80. The van der Waals surface area contributed by atoms with Gasteiger partial charge in [-0.1, -0.05) is 30.3 Å². The van der Waals surface area contributed by atoms with E-state index in [0.29, 0.717) is 5.56 Å². The fraction of sp³-hybridized carbons (Fsp3) is 0.125. The average Bonchev–Trinajstić information content (AvgIpc) is 2.96. The highest BCUT2D eigenvalue weighted by molar-refractivity contribution is 6.36. The average molecular weight is 401 g/mol. The van der Waals surface area contributed by atoms with Gasteiger partial charge < -0.3 is 5.32 Å². The van der Waals surface area contributed by atoms with Crippen LogP contribution in [0.1, 0.15) is 22.3 Å². The molecule has 0 radical (unpaired) electrons. The van der Waals surface area contributed by atoms with Gasteiger partial charge in [0.2, 0.25) is 0 Å². The molecule has 0 unspecified atom stereocenters. The third-order valence-electron chi connectivity index (χ3n) is 5.02. The van der Waals surface area contributed by atoms with Crippen molar-refractivity contribution in [1.82, 2.24) is 9.88 Å². The molecule has 0 saturated heterocycles. The molecule has 150 valence electrons. The maximum atomic E-state index is 13.5. The number of nitrogens with zero attached hydrogens (tertiary/aromatic N) is 2. The zero-order chi connectivity index (χ0) is 21.3. The Labute approximate surface area is 173 Å². The van der Waals surface area contributed by atoms with Crippen molar-refractivity contribution in [1.29, 1.82) is 0 Å². The number of pyridine rings is 1. The molecule has 4 rings (SSSR count). The maximum absolute atomic E-state index is 13.5. The number of aryl methyl sites for hydroxylation is 2. The third kappa shape index (κ3) is 3.72. The number of hydrogen-bond acceptors (Lipinski definition) is 4. The number of rotatable bonds is 5. The van der Waals surface area contributed by atoms with Crippen LogP contribution in [0.2, 0.25) is 0 Å². The summed E-state index contributed by atoms with van der Waals surface area (Å²) in [6.45, 7) is 3.99. The predicted molar refractivity (Wildman–Crippen MR) is 113 cm³/mol. The van der Waals surface area contributed by atoms with Crippen LogP contribution in [0, 0.1) is 19.7 Å². The van der Waals surface area contributed by atoms with Gasteiger partial charge in [0.25, 0.3) is 11.8 Å². The number of anilines is 1. The Kier molecular flexibility index (Phi) is 5.14. The summed E-state index contributed by atoms with van der Waals surface area (Å²) in [7, 11) is 0. The smallest absolute Gasteiger partial charge is 0.278 e. The molecular formula is C24H20FN3O2. The molecular weight excluding hydrogens is 381 g/mol. The number of halogens is 1. The first-order valence-corrected chi connectivity index (χ1v) is 9.53. The number of imide groups is 1. The van der Waals surface area contributed by atoms with Gasteiger partial charge in [-0.25, -0.2) is 4.39 Å². The summed E-state index contributed by atoms with van der Waals surface area (Å²) in [5.74, 6) is -1.26. The van der Waals surface area contributed by atoms with Crippen LogP contribution in [0.5, 0.6) is 0 Å². The van der Waals surface area contributed by atoms with Crippen molar-refractivity contribution in [3.05, 3.63) is 101 Å². The summed E-state index contributed by atoms with van der Waals surface area (Å²) in [6, 6.07) is 15.0. The van der Waals surface area contributed by atoms with E-state index >= 15 is 0 Å². The van der Waals surface area contributed by atoms with Gasteiger partial charge in [0.1, 0.15) is 11.5 Å². The SMILES string of the molecule is Cc1ccc(C)c(NC2=C(c3ccc(F)cc3)C(=O)N(Cc3cccnc3)C2=O)c1. The second kappa shape index (κ2) is 7.91. The van der Waals surface area contributed by atoms with Gasteiger partial charge in [-0.05, 0) is 60.4 Å². The fourth-order valence-electron chi connectivity index (χ4n) is 3.40. The number of nitrogens with one attached hydrogen (secondary N) is 1. The molecule has 30 heavy (non-hydrogen) atoms. The van der Waals surface area contributed by atoms with E-state index in [4.69, 9.17) is 0 Å². The molecule has 6 heteroatoms. The summed E-state index contributed by atoms with van der Waals surface area (Å²) in [4.78, 5) is 31.7. The van der Waals surface area contributed by atoms with Crippen LogP contribution in [0.15, 0.2) is 72.7 Å². The molecule has 1 aromatic heterocycles. The predicted octanol–water partition coefficient (Wildman–Crippen LogP) is 4.23. The lowest BCUT2D eigenvalue weighted by Crippen LogP contribution is -2.32. The van der Waals surface area contributed by atoms with E-state index in [2.05, 4.69) is 10.3 Å². The quantitative estimate of drug-likeness (QED) is 0.650. The van der Waals surface area contributed by atoms with E-state index in [1.165, 1.54) is 29.2 Å². The van der Waals surface area contributed by atoms with Crippen LogP contribution in [0.25, 0.3) is 5.57 Å². The van der Waals surface area contributed by atoms with Gasteiger partial charge in [0.15, 0.2) is 0 Å². The van der Waals surface area contributed by atoms with Crippen molar-refractivity contribution in [2.75, 3.05) is 5.32 Å². The molecule has 2 amide bonds. The molecule has 2 heterocycles. The number of carbonyl (C=O) groups excluding carboxylic acids is 2. The zero-order valence-electron chi connectivity index (χ0n) is 16.6. The topological polar surface area (TPSA) is 62.3 Å². The van der Waals surface area contributed by atoms with Gasteiger partial charge in [-0.3, -0.25) is 19.5 Å². The lowest BCUT2D eigenvalue weighted by molar-refractivity contribution is -0.137. The molecule has 0 saturated carbocycles. The van der Waals surface area contributed by atoms with Gasteiger partial charge >= 0.3 is 0 Å². The summed E-state index contributed by atoms with van der Waals surface area (Å²) < 4.78 is 13.5. The highest BCUT2D eigenvalue weighted by Gasteiger charge is 2.39. The minimum atomic E-state index is -0.428. The zero-order valence-corrected chi connectivity index (χ0v) is 16.6. The minimum Gasteiger partial charge on any atom is -0.350 e. The summed E-state index contributed by atoms with van der Waals surface area (Å²) >= 11 is 0. The maximum Gasteiger partial charge on any atom is 0.278 e. The van der Waals surface area contributed by atoms with E-state index in [1.807, 2.05) is 32.0 Å². The lowest BCUT2D eigenvalue weighted by atomic mass is 10.0. The minimum absolute atomic E-state index is 0.105. The highest BCUT2D eigenvalue weighted by Crippen LogP contribution is 2.32. The van der Waals surface area contributed by atoms with Gasteiger partial charge in [-0.2, -0.15) is 0 Å². The first kappa shape index (κ1) is 19.5. The Morgan fingerprint density at radius 3 is 2.47 bits per heavy atom. The normalized spacial score (nSPS) is 13.9. The van der Waals surface area contributed by atoms with Gasteiger partial charge in [-0.15, -0.1) is 0 Å². The molecule has 1 aliphatic heterocycles. The Balaban J connectivity index is 1.77. The van der Waals surface area contributed by atoms with Crippen molar-refractivity contribution in [3.8, 4) is 0 Å². The van der Waals surface area contributed by atoms with Crippen LogP contribution in [0.3, 0.4) is 0 Å². The van der Waals surface area contributed by atoms with Crippen LogP contribution >= 0.6 is 0 Å². The van der Waals surface area contributed by atoms with Crippen molar-refractivity contribution in [2.24, 2.45) is 0 Å². The number of amides is 2. The Morgan fingerprint density at radius 1 is 1.00 bits per heavy atom. The van der Waals surface area contributed by atoms with Crippen molar-refractivity contribution >= 4 is 23.1 Å². The Bertz CT molecular complexity index is 1150. The van der Waals surface area contributed by atoms with Crippen LogP contribution in [-0.4, -0.2) is 21.7 Å². The van der Waals surface area contributed by atoms with E-state index in [9.17, 15) is 14.0 Å². The van der Waals surface area contributed by atoms with Gasteiger partial charge in [0.05, 0.1) is 12.1 Å².